The third-order valence-electron chi connectivity index (χ3n) is 5.52. The SMILES string of the molecule is Cc1cnc(C(=O)Nc2ccc(F)c([C@]34CO[C@@H](CF)[C@H]3S(=O)(=O)N(C)C(N)=N4)c2)cn1. The van der Waals surface area contributed by atoms with Crippen LogP contribution in [-0.2, 0) is 20.3 Å². The number of amides is 1. The molecule has 2 aliphatic rings. The molecular weight excluding hydrogens is 446 g/mol. The Morgan fingerprint density at radius 2 is 2.12 bits per heavy atom. The highest BCUT2D eigenvalue weighted by molar-refractivity contribution is 7.90. The second-order valence-electron chi connectivity index (χ2n) is 7.52. The maximum Gasteiger partial charge on any atom is 0.275 e. The first-order valence-electron chi connectivity index (χ1n) is 9.51. The first-order chi connectivity index (χ1) is 15.1. The zero-order valence-electron chi connectivity index (χ0n) is 17.1. The third kappa shape index (κ3) is 3.37. The summed E-state index contributed by atoms with van der Waals surface area (Å²) in [6, 6.07) is 3.59. The van der Waals surface area contributed by atoms with E-state index in [2.05, 4.69) is 20.3 Å². The van der Waals surface area contributed by atoms with Gasteiger partial charge in [0.05, 0.1) is 18.5 Å². The largest absolute Gasteiger partial charge is 0.371 e. The monoisotopic (exact) mass is 466 g/mol. The first-order valence-corrected chi connectivity index (χ1v) is 11.0. The Balaban J connectivity index is 1.78. The molecule has 2 aromatic rings. The van der Waals surface area contributed by atoms with Crippen molar-refractivity contribution in [3.05, 3.63) is 53.4 Å². The quantitative estimate of drug-likeness (QED) is 0.676. The number of benzene rings is 1. The Morgan fingerprint density at radius 3 is 2.78 bits per heavy atom. The number of nitrogens with zero attached hydrogens (tertiary/aromatic N) is 4. The normalized spacial score (nSPS) is 26.4. The summed E-state index contributed by atoms with van der Waals surface area (Å²) in [5, 5.41) is 1.02. The molecule has 1 aromatic heterocycles. The molecule has 32 heavy (non-hydrogen) atoms. The van der Waals surface area contributed by atoms with E-state index >= 15 is 0 Å². The number of aryl methyl sites for hydroxylation is 1. The smallest absolute Gasteiger partial charge is 0.275 e. The van der Waals surface area contributed by atoms with Gasteiger partial charge in [0.2, 0.25) is 16.0 Å². The number of aliphatic imine (C=N–C) groups is 1. The summed E-state index contributed by atoms with van der Waals surface area (Å²) < 4.78 is 60.8. The molecule has 1 aromatic carbocycles. The summed E-state index contributed by atoms with van der Waals surface area (Å²) in [5.41, 5.74) is 4.61. The number of hydrogen-bond acceptors (Lipinski definition) is 8. The van der Waals surface area contributed by atoms with Crippen LogP contribution in [0.4, 0.5) is 14.5 Å². The van der Waals surface area contributed by atoms with Gasteiger partial charge in [-0.05, 0) is 25.1 Å². The van der Waals surface area contributed by atoms with E-state index in [1.807, 2.05) is 0 Å². The molecular formula is C19H20F2N6O4S. The standard InChI is InChI=1S/C19H20F2N6O4S/c1-10-7-24-14(8-23-10)17(28)25-11-3-4-13(21)12(5-11)19-9-31-15(6-20)16(19)32(29,30)27(2)18(22)26-19/h3-5,7-8,15-16H,6,9H2,1-2H3,(H2,22,26)(H,25,28)/t15-,16+,19+/m0/s1. The highest BCUT2D eigenvalue weighted by atomic mass is 32.2. The Kier molecular flexibility index (Phi) is 5.33. The average Bonchev–Trinajstić information content (AvgIpc) is 3.14. The van der Waals surface area contributed by atoms with E-state index in [0.29, 0.717) is 5.69 Å². The number of nitrogens with one attached hydrogen (secondary N) is 1. The molecule has 4 rings (SSSR count). The number of nitrogens with two attached hydrogens (primary N) is 1. The molecule has 3 N–H and O–H groups in total. The van der Waals surface area contributed by atoms with Crippen LogP contribution >= 0.6 is 0 Å². The number of halogens is 2. The van der Waals surface area contributed by atoms with Gasteiger partial charge >= 0.3 is 0 Å². The number of ether oxygens (including phenoxy) is 1. The number of anilines is 1. The van der Waals surface area contributed by atoms with Gasteiger partial charge in [-0.2, -0.15) is 0 Å². The van der Waals surface area contributed by atoms with Crippen molar-refractivity contribution in [1.82, 2.24) is 14.3 Å². The second kappa shape index (κ2) is 7.74. The molecule has 170 valence electrons. The van der Waals surface area contributed by atoms with Crippen molar-refractivity contribution in [1.29, 1.82) is 0 Å². The Hall–Kier alpha value is -3.19. The predicted molar refractivity (Wildman–Crippen MR) is 111 cm³/mol. The summed E-state index contributed by atoms with van der Waals surface area (Å²) in [7, 11) is -3.03. The fourth-order valence-corrected chi connectivity index (χ4v) is 5.79. The van der Waals surface area contributed by atoms with E-state index in [9.17, 15) is 22.0 Å². The third-order valence-corrected chi connectivity index (χ3v) is 7.81. The van der Waals surface area contributed by atoms with E-state index in [1.54, 1.807) is 6.92 Å². The zero-order chi connectivity index (χ0) is 23.3. The number of guanidine groups is 1. The van der Waals surface area contributed by atoms with Gasteiger partial charge in [0.25, 0.3) is 5.91 Å². The molecule has 10 nitrogen and oxygen atoms in total. The number of fused-ring (bicyclic) bond motifs is 1. The topological polar surface area (TPSA) is 140 Å². The number of alkyl halides is 1. The molecule has 13 heteroatoms. The van der Waals surface area contributed by atoms with E-state index in [4.69, 9.17) is 10.5 Å². The van der Waals surface area contributed by atoms with Crippen LogP contribution in [0.1, 0.15) is 21.7 Å². The van der Waals surface area contributed by atoms with Crippen molar-refractivity contribution in [2.24, 2.45) is 10.7 Å². The molecule has 3 heterocycles. The summed E-state index contributed by atoms with van der Waals surface area (Å²) in [4.78, 5) is 24.7. The van der Waals surface area contributed by atoms with E-state index in [1.165, 1.54) is 31.6 Å². The molecule has 1 fully saturated rings. The number of rotatable bonds is 4. The Morgan fingerprint density at radius 1 is 1.38 bits per heavy atom. The molecule has 0 radical (unpaired) electrons. The van der Waals surface area contributed by atoms with Gasteiger partial charge in [0.1, 0.15) is 35.1 Å². The molecule has 3 atom stereocenters. The van der Waals surface area contributed by atoms with Crippen molar-refractivity contribution >= 4 is 27.6 Å². The molecule has 0 bridgehead atoms. The lowest BCUT2D eigenvalue weighted by Gasteiger charge is -2.39. The molecule has 0 saturated carbocycles. The maximum absolute atomic E-state index is 15.0. The zero-order valence-corrected chi connectivity index (χ0v) is 17.9. The number of aromatic nitrogens is 2. The Labute approximate surface area is 182 Å². The molecule has 0 aliphatic carbocycles. The lowest BCUT2D eigenvalue weighted by molar-refractivity contribution is 0.0847. The number of carbonyl (C=O) groups is 1. The fraction of sp³-hybridized carbons (Fsp3) is 0.368. The number of sulfonamides is 1. The second-order valence-corrected chi connectivity index (χ2v) is 9.61. The lowest BCUT2D eigenvalue weighted by Crippen LogP contribution is -2.59. The average molecular weight is 466 g/mol. The highest BCUT2D eigenvalue weighted by Crippen LogP contribution is 2.46. The van der Waals surface area contributed by atoms with Gasteiger partial charge in [-0.3, -0.25) is 9.78 Å². The van der Waals surface area contributed by atoms with Crippen molar-refractivity contribution in [2.45, 2.75) is 23.8 Å². The van der Waals surface area contributed by atoms with Crippen LogP contribution in [0.15, 0.2) is 35.6 Å². The molecule has 1 amide bonds. The van der Waals surface area contributed by atoms with Gasteiger partial charge < -0.3 is 15.8 Å². The minimum absolute atomic E-state index is 0.0309. The van der Waals surface area contributed by atoms with Gasteiger partial charge in [-0.25, -0.2) is 31.5 Å². The van der Waals surface area contributed by atoms with Crippen LogP contribution in [0.3, 0.4) is 0 Å². The minimum atomic E-state index is -4.22. The number of hydrogen-bond donors (Lipinski definition) is 2. The molecule has 1 saturated heterocycles. The van der Waals surface area contributed by atoms with E-state index in [0.717, 1.165) is 10.4 Å². The molecule has 0 unspecified atom stereocenters. The van der Waals surface area contributed by atoms with Crippen LogP contribution in [0, 0.1) is 12.7 Å². The summed E-state index contributed by atoms with van der Waals surface area (Å²) in [5.74, 6) is -1.79. The summed E-state index contributed by atoms with van der Waals surface area (Å²) in [6.07, 6.45) is 1.34. The Bertz CT molecular complexity index is 1210. The first kappa shape index (κ1) is 22.0. The van der Waals surface area contributed by atoms with Gasteiger partial charge in [0, 0.05) is 24.5 Å². The fourth-order valence-electron chi connectivity index (χ4n) is 3.88. The highest BCUT2D eigenvalue weighted by Gasteiger charge is 2.62. The van der Waals surface area contributed by atoms with Crippen molar-refractivity contribution in [2.75, 3.05) is 25.6 Å². The maximum atomic E-state index is 15.0. The number of carbonyl (C=O) groups excluding carboxylic acids is 1. The summed E-state index contributed by atoms with van der Waals surface area (Å²) in [6.45, 7) is 0.198. The van der Waals surface area contributed by atoms with Crippen molar-refractivity contribution in [3.63, 3.8) is 0 Å². The van der Waals surface area contributed by atoms with Gasteiger partial charge in [-0.1, -0.05) is 0 Å². The van der Waals surface area contributed by atoms with Crippen LogP contribution in [0.5, 0.6) is 0 Å². The van der Waals surface area contributed by atoms with Crippen molar-refractivity contribution in [3.8, 4) is 0 Å². The molecule has 2 aliphatic heterocycles. The van der Waals surface area contributed by atoms with Crippen LogP contribution in [-0.4, -0.2) is 66.2 Å². The van der Waals surface area contributed by atoms with Crippen molar-refractivity contribution < 1.29 is 26.7 Å². The summed E-state index contributed by atoms with van der Waals surface area (Å²) >= 11 is 0. The van der Waals surface area contributed by atoms with E-state index in [-0.39, 0.29) is 22.9 Å². The van der Waals surface area contributed by atoms with Gasteiger partial charge in [0.15, 0.2) is 0 Å². The minimum Gasteiger partial charge on any atom is -0.371 e. The van der Waals surface area contributed by atoms with Crippen LogP contribution in [0.25, 0.3) is 0 Å². The lowest BCUT2D eigenvalue weighted by atomic mass is 9.86. The van der Waals surface area contributed by atoms with Crippen LogP contribution in [0.2, 0.25) is 0 Å². The van der Waals surface area contributed by atoms with Gasteiger partial charge in [-0.15, -0.1) is 0 Å². The van der Waals surface area contributed by atoms with E-state index < -0.39 is 51.9 Å². The molecule has 0 spiro atoms. The van der Waals surface area contributed by atoms with Crippen LogP contribution < -0.4 is 11.1 Å². The predicted octanol–water partition coefficient (Wildman–Crippen LogP) is 0.699.